The molecular weight excluding hydrogens is 250 g/mol. The summed E-state index contributed by atoms with van der Waals surface area (Å²) in [6.07, 6.45) is -11.5. The molecule has 0 rings (SSSR count). The van der Waals surface area contributed by atoms with Crippen LogP contribution >= 0.6 is 0 Å². The Morgan fingerprint density at radius 1 is 0.706 bits per heavy atom. The molecule has 0 bridgehead atoms. The second-order valence-electron chi connectivity index (χ2n) is 4.43. The molecular formula is C10H16F6O. The predicted molar refractivity (Wildman–Crippen MR) is 50.4 cm³/mol. The van der Waals surface area contributed by atoms with Crippen molar-refractivity contribution < 1.29 is 31.4 Å². The molecule has 0 amide bonds. The lowest BCUT2D eigenvalue weighted by atomic mass is 9.93. The van der Waals surface area contributed by atoms with E-state index in [0.717, 1.165) is 0 Å². The van der Waals surface area contributed by atoms with Gasteiger partial charge in [0.2, 0.25) is 0 Å². The van der Waals surface area contributed by atoms with Crippen LogP contribution in [0.1, 0.15) is 45.4 Å². The van der Waals surface area contributed by atoms with E-state index in [-0.39, 0.29) is 25.7 Å². The highest BCUT2D eigenvalue weighted by Crippen LogP contribution is 2.29. The first-order valence-electron chi connectivity index (χ1n) is 5.27. The molecule has 0 heterocycles. The van der Waals surface area contributed by atoms with Crippen LogP contribution in [-0.2, 0) is 0 Å². The Bertz CT molecular complexity index is 196. The van der Waals surface area contributed by atoms with E-state index < -0.39 is 30.8 Å². The molecule has 0 aliphatic carbocycles. The van der Waals surface area contributed by atoms with Crippen LogP contribution in [0.4, 0.5) is 26.3 Å². The summed E-state index contributed by atoms with van der Waals surface area (Å²) >= 11 is 0. The SMILES string of the molecule is CC(O)(CCCC(F)(F)F)CCCC(F)(F)F. The van der Waals surface area contributed by atoms with E-state index in [2.05, 4.69) is 0 Å². The summed E-state index contributed by atoms with van der Waals surface area (Å²) in [5.74, 6) is 0. The number of aliphatic hydroxyl groups is 1. The Morgan fingerprint density at radius 2 is 1.00 bits per heavy atom. The van der Waals surface area contributed by atoms with E-state index in [9.17, 15) is 31.4 Å². The third-order valence-corrected chi connectivity index (χ3v) is 2.35. The topological polar surface area (TPSA) is 20.2 Å². The molecule has 0 aromatic rings. The van der Waals surface area contributed by atoms with Crippen molar-refractivity contribution in [2.24, 2.45) is 0 Å². The van der Waals surface area contributed by atoms with Gasteiger partial charge in [-0.25, -0.2) is 0 Å². The lowest BCUT2D eigenvalue weighted by molar-refractivity contribution is -0.139. The molecule has 0 aromatic carbocycles. The smallest absolute Gasteiger partial charge is 0.389 e. The van der Waals surface area contributed by atoms with Crippen LogP contribution in [0.2, 0.25) is 0 Å². The minimum Gasteiger partial charge on any atom is -0.390 e. The fourth-order valence-electron chi connectivity index (χ4n) is 1.46. The third kappa shape index (κ3) is 11.8. The lowest BCUT2D eigenvalue weighted by Gasteiger charge is -2.23. The van der Waals surface area contributed by atoms with E-state index in [1.165, 1.54) is 6.92 Å². The molecule has 0 radical (unpaired) electrons. The van der Waals surface area contributed by atoms with Crippen LogP contribution in [0.5, 0.6) is 0 Å². The van der Waals surface area contributed by atoms with Gasteiger partial charge in [-0.05, 0) is 32.6 Å². The maximum Gasteiger partial charge on any atom is 0.389 e. The van der Waals surface area contributed by atoms with Gasteiger partial charge in [-0.2, -0.15) is 26.3 Å². The average Bonchev–Trinajstić information content (AvgIpc) is 1.96. The van der Waals surface area contributed by atoms with Crippen LogP contribution in [0, 0.1) is 0 Å². The summed E-state index contributed by atoms with van der Waals surface area (Å²) in [4.78, 5) is 0. The predicted octanol–water partition coefficient (Wildman–Crippen LogP) is 4.20. The molecule has 0 unspecified atom stereocenters. The van der Waals surface area contributed by atoms with Crippen molar-refractivity contribution in [1.29, 1.82) is 0 Å². The third-order valence-electron chi connectivity index (χ3n) is 2.35. The molecule has 0 aromatic heterocycles. The van der Waals surface area contributed by atoms with Crippen LogP contribution in [0.25, 0.3) is 0 Å². The van der Waals surface area contributed by atoms with Gasteiger partial charge in [0.15, 0.2) is 0 Å². The van der Waals surface area contributed by atoms with Crippen molar-refractivity contribution in [3.05, 3.63) is 0 Å². The molecule has 1 N–H and O–H groups in total. The fourth-order valence-corrected chi connectivity index (χ4v) is 1.46. The first-order chi connectivity index (χ1) is 7.41. The van der Waals surface area contributed by atoms with Gasteiger partial charge in [-0.3, -0.25) is 0 Å². The Balaban J connectivity index is 3.81. The molecule has 0 spiro atoms. The van der Waals surface area contributed by atoms with Crippen molar-refractivity contribution >= 4 is 0 Å². The lowest BCUT2D eigenvalue weighted by Crippen LogP contribution is -2.25. The monoisotopic (exact) mass is 266 g/mol. The van der Waals surface area contributed by atoms with Gasteiger partial charge in [-0.1, -0.05) is 0 Å². The van der Waals surface area contributed by atoms with Crippen molar-refractivity contribution in [1.82, 2.24) is 0 Å². The van der Waals surface area contributed by atoms with Crippen LogP contribution < -0.4 is 0 Å². The molecule has 0 saturated carbocycles. The quantitative estimate of drug-likeness (QED) is 0.714. The van der Waals surface area contributed by atoms with E-state index >= 15 is 0 Å². The molecule has 104 valence electrons. The molecule has 1 nitrogen and oxygen atoms in total. The van der Waals surface area contributed by atoms with E-state index in [1.807, 2.05) is 0 Å². The van der Waals surface area contributed by atoms with Crippen molar-refractivity contribution in [3.63, 3.8) is 0 Å². The molecule has 17 heavy (non-hydrogen) atoms. The standard InChI is InChI=1S/C10H16F6O/c1-8(17,4-2-6-9(11,12)13)5-3-7-10(14,15)16/h17H,2-7H2,1H3. The Labute approximate surface area is 95.8 Å². The highest BCUT2D eigenvalue weighted by molar-refractivity contribution is 4.73. The van der Waals surface area contributed by atoms with Crippen molar-refractivity contribution in [3.8, 4) is 0 Å². The van der Waals surface area contributed by atoms with Gasteiger partial charge >= 0.3 is 12.4 Å². The minimum absolute atomic E-state index is 0.148. The second-order valence-corrected chi connectivity index (χ2v) is 4.43. The molecule has 0 fully saturated rings. The van der Waals surface area contributed by atoms with E-state index in [1.54, 1.807) is 0 Å². The molecule has 0 saturated heterocycles. The zero-order valence-electron chi connectivity index (χ0n) is 9.46. The van der Waals surface area contributed by atoms with E-state index in [4.69, 9.17) is 0 Å². The van der Waals surface area contributed by atoms with Crippen LogP contribution in [0.3, 0.4) is 0 Å². The molecule has 0 aliphatic rings. The highest BCUT2D eigenvalue weighted by atomic mass is 19.4. The number of rotatable bonds is 6. The van der Waals surface area contributed by atoms with Crippen molar-refractivity contribution in [2.75, 3.05) is 0 Å². The second kappa shape index (κ2) is 5.93. The van der Waals surface area contributed by atoms with Gasteiger partial charge in [-0.15, -0.1) is 0 Å². The van der Waals surface area contributed by atoms with Gasteiger partial charge in [0.1, 0.15) is 0 Å². The van der Waals surface area contributed by atoms with Crippen LogP contribution in [-0.4, -0.2) is 23.1 Å². The maximum absolute atomic E-state index is 11.8. The number of halogens is 6. The number of hydrogen-bond acceptors (Lipinski definition) is 1. The molecule has 7 heteroatoms. The molecule has 0 aliphatic heterocycles. The minimum atomic E-state index is -4.29. The largest absolute Gasteiger partial charge is 0.390 e. The summed E-state index contributed by atoms with van der Waals surface area (Å²) in [6.45, 7) is 1.26. The Kier molecular flexibility index (Phi) is 5.77. The fraction of sp³-hybridized carbons (Fsp3) is 1.00. The number of hydrogen-bond donors (Lipinski definition) is 1. The first kappa shape index (κ1) is 16.5. The van der Waals surface area contributed by atoms with Crippen molar-refractivity contribution in [2.45, 2.75) is 63.4 Å². The number of alkyl halides is 6. The Hall–Kier alpha value is -0.460. The summed E-state index contributed by atoms with van der Waals surface area (Å²) in [5.41, 5.74) is -1.46. The van der Waals surface area contributed by atoms with Crippen LogP contribution in [0.15, 0.2) is 0 Å². The summed E-state index contributed by atoms with van der Waals surface area (Å²) in [6, 6.07) is 0. The van der Waals surface area contributed by atoms with E-state index in [0.29, 0.717) is 0 Å². The first-order valence-corrected chi connectivity index (χ1v) is 5.27. The zero-order valence-corrected chi connectivity index (χ0v) is 9.46. The van der Waals surface area contributed by atoms with Gasteiger partial charge in [0.05, 0.1) is 5.60 Å². The van der Waals surface area contributed by atoms with Gasteiger partial charge < -0.3 is 5.11 Å². The Morgan fingerprint density at radius 3 is 1.24 bits per heavy atom. The summed E-state index contributed by atoms with van der Waals surface area (Å²) in [5, 5.41) is 9.57. The van der Waals surface area contributed by atoms with Gasteiger partial charge in [0.25, 0.3) is 0 Å². The molecule has 0 atom stereocenters. The average molecular weight is 266 g/mol. The zero-order chi connectivity index (χ0) is 13.7. The maximum atomic E-state index is 11.8. The highest BCUT2D eigenvalue weighted by Gasteiger charge is 2.31. The summed E-state index contributed by atoms with van der Waals surface area (Å²) < 4.78 is 70.9. The normalized spacial score (nSPS) is 14.1. The van der Waals surface area contributed by atoms with Gasteiger partial charge in [0, 0.05) is 12.8 Å². The summed E-state index contributed by atoms with van der Waals surface area (Å²) in [7, 11) is 0.